The summed E-state index contributed by atoms with van der Waals surface area (Å²) in [5.41, 5.74) is 2.28. The fourth-order valence-electron chi connectivity index (χ4n) is 3.13. The van der Waals surface area contributed by atoms with Gasteiger partial charge in [-0.3, -0.25) is 4.79 Å². The van der Waals surface area contributed by atoms with Crippen LogP contribution in [0.3, 0.4) is 0 Å². The number of benzene rings is 1. The van der Waals surface area contributed by atoms with E-state index in [9.17, 15) is 13.2 Å². The normalized spacial score (nSPS) is 19.2. The predicted octanol–water partition coefficient (Wildman–Crippen LogP) is 3.70. The molecule has 1 fully saturated rings. The molecule has 3 rings (SSSR count). The summed E-state index contributed by atoms with van der Waals surface area (Å²) in [6.45, 7) is 4.73. The van der Waals surface area contributed by atoms with E-state index in [1.165, 1.54) is 16.9 Å². The maximum atomic E-state index is 12.9. The summed E-state index contributed by atoms with van der Waals surface area (Å²) in [6.07, 6.45) is 0.517. The quantitative estimate of drug-likeness (QED) is 0.798. The number of nitrogens with zero attached hydrogens (tertiary/aromatic N) is 1. The first-order valence-electron chi connectivity index (χ1n) is 8.49. The van der Waals surface area contributed by atoms with E-state index in [4.69, 9.17) is 0 Å². The second-order valence-electron chi connectivity index (χ2n) is 6.86. The molecule has 0 bridgehead atoms. The Morgan fingerprint density at radius 3 is 2.48 bits per heavy atom. The Bertz CT molecular complexity index is 824. The Hall–Kier alpha value is -1.66. The van der Waals surface area contributed by atoms with Gasteiger partial charge in [-0.05, 0) is 34.9 Å². The lowest BCUT2D eigenvalue weighted by atomic mass is 10.0. The van der Waals surface area contributed by atoms with E-state index in [1.807, 2.05) is 23.6 Å². The predicted molar refractivity (Wildman–Crippen MR) is 102 cm³/mol. The highest BCUT2D eigenvalue weighted by molar-refractivity contribution is 7.91. The van der Waals surface area contributed by atoms with Gasteiger partial charge in [0, 0.05) is 12.6 Å². The third-order valence-corrected chi connectivity index (χ3v) is 7.25. The summed E-state index contributed by atoms with van der Waals surface area (Å²) in [6, 6.07) is 11.6. The number of rotatable bonds is 5. The molecule has 1 aromatic heterocycles. The largest absolute Gasteiger partial charge is 0.330 e. The summed E-state index contributed by atoms with van der Waals surface area (Å²) >= 11 is 1.39. The Morgan fingerprint density at radius 2 is 1.96 bits per heavy atom. The van der Waals surface area contributed by atoms with Gasteiger partial charge in [-0.2, -0.15) is 0 Å². The smallest absolute Gasteiger partial charge is 0.264 e. The van der Waals surface area contributed by atoms with Crippen LogP contribution in [0, 0.1) is 0 Å². The Kier molecular flexibility index (Phi) is 5.29. The molecule has 1 atom stereocenters. The van der Waals surface area contributed by atoms with Crippen LogP contribution in [0.15, 0.2) is 41.8 Å². The summed E-state index contributed by atoms with van der Waals surface area (Å²) in [7, 11) is -3.04. The summed E-state index contributed by atoms with van der Waals surface area (Å²) in [4.78, 5) is 15.3. The average molecular weight is 378 g/mol. The lowest BCUT2D eigenvalue weighted by molar-refractivity contribution is 0.0686. The first-order valence-corrected chi connectivity index (χ1v) is 11.2. The molecular weight excluding hydrogens is 354 g/mol. The molecule has 4 nitrogen and oxygen atoms in total. The highest BCUT2D eigenvalue weighted by atomic mass is 32.2. The van der Waals surface area contributed by atoms with Gasteiger partial charge < -0.3 is 4.90 Å². The molecule has 2 aromatic rings. The van der Waals surface area contributed by atoms with E-state index >= 15 is 0 Å². The molecule has 1 saturated heterocycles. The van der Waals surface area contributed by atoms with Gasteiger partial charge in [0.1, 0.15) is 0 Å². The van der Waals surface area contributed by atoms with Crippen molar-refractivity contribution in [1.82, 2.24) is 4.90 Å². The molecule has 1 aliphatic rings. The zero-order valence-corrected chi connectivity index (χ0v) is 16.1. The minimum atomic E-state index is -3.04. The van der Waals surface area contributed by atoms with Gasteiger partial charge in [-0.1, -0.05) is 44.2 Å². The van der Waals surface area contributed by atoms with Crippen LogP contribution >= 0.6 is 11.3 Å². The van der Waals surface area contributed by atoms with E-state index < -0.39 is 9.84 Å². The Labute approximate surface area is 153 Å². The standard InChI is InChI=1S/C19H23NO3S2/c1-14(2)16-7-5-15(6-8-16)12-20(17-9-11-25(22,23)13-17)19(21)18-4-3-10-24-18/h3-8,10,14,17H,9,11-13H2,1-2H3/t17-/m1/s1. The highest BCUT2D eigenvalue weighted by Crippen LogP contribution is 2.24. The first kappa shape index (κ1) is 18.1. The van der Waals surface area contributed by atoms with E-state index in [-0.39, 0.29) is 23.5 Å². The van der Waals surface area contributed by atoms with Crippen molar-refractivity contribution in [2.24, 2.45) is 0 Å². The Morgan fingerprint density at radius 1 is 1.24 bits per heavy atom. The molecule has 0 saturated carbocycles. The van der Waals surface area contributed by atoms with Crippen molar-refractivity contribution in [2.45, 2.75) is 38.8 Å². The van der Waals surface area contributed by atoms with Crippen molar-refractivity contribution in [2.75, 3.05) is 11.5 Å². The van der Waals surface area contributed by atoms with E-state index in [0.29, 0.717) is 23.8 Å². The molecule has 0 radical (unpaired) electrons. The fraction of sp³-hybridized carbons (Fsp3) is 0.421. The van der Waals surface area contributed by atoms with Crippen molar-refractivity contribution >= 4 is 27.1 Å². The minimum absolute atomic E-state index is 0.0637. The number of sulfone groups is 1. The van der Waals surface area contributed by atoms with Gasteiger partial charge in [0.25, 0.3) is 5.91 Å². The van der Waals surface area contributed by atoms with Crippen molar-refractivity contribution in [3.63, 3.8) is 0 Å². The number of thiophene rings is 1. The van der Waals surface area contributed by atoms with Crippen LogP contribution in [0.25, 0.3) is 0 Å². The van der Waals surface area contributed by atoms with Crippen LogP contribution in [-0.4, -0.2) is 36.8 Å². The van der Waals surface area contributed by atoms with Gasteiger partial charge >= 0.3 is 0 Å². The molecule has 0 unspecified atom stereocenters. The number of hydrogen-bond acceptors (Lipinski definition) is 4. The molecule has 1 aliphatic heterocycles. The number of carbonyl (C=O) groups is 1. The molecule has 1 amide bonds. The molecule has 0 N–H and O–H groups in total. The second kappa shape index (κ2) is 7.30. The molecule has 0 spiro atoms. The topological polar surface area (TPSA) is 54.5 Å². The molecular formula is C19H23NO3S2. The van der Waals surface area contributed by atoms with Gasteiger partial charge in [-0.15, -0.1) is 11.3 Å². The third kappa shape index (κ3) is 4.30. The SMILES string of the molecule is CC(C)c1ccc(CN(C(=O)c2cccs2)[C@@H]2CCS(=O)(=O)C2)cc1. The van der Waals surface area contributed by atoms with E-state index in [1.54, 1.807) is 11.0 Å². The van der Waals surface area contributed by atoms with E-state index in [0.717, 1.165) is 5.56 Å². The number of carbonyl (C=O) groups excluding carboxylic acids is 1. The van der Waals surface area contributed by atoms with Gasteiger partial charge in [0.2, 0.25) is 0 Å². The number of hydrogen-bond donors (Lipinski definition) is 0. The second-order valence-corrected chi connectivity index (χ2v) is 10.0. The van der Waals surface area contributed by atoms with Gasteiger partial charge in [-0.25, -0.2) is 8.42 Å². The van der Waals surface area contributed by atoms with Crippen molar-refractivity contribution < 1.29 is 13.2 Å². The van der Waals surface area contributed by atoms with Crippen molar-refractivity contribution in [3.05, 3.63) is 57.8 Å². The fourth-order valence-corrected chi connectivity index (χ4v) is 5.54. The molecule has 1 aromatic carbocycles. The maximum Gasteiger partial charge on any atom is 0.264 e. The van der Waals surface area contributed by atoms with Gasteiger partial charge in [0.05, 0.1) is 16.4 Å². The summed E-state index contributed by atoms with van der Waals surface area (Å²) in [5, 5.41) is 1.87. The molecule has 6 heteroatoms. The molecule has 134 valence electrons. The van der Waals surface area contributed by atoms with Gasteiger partial charge in [0.15, 0.2) is 9.84 Å². The minimum Gasteiger partial charge on any atom is -0.330 e. The molecule has 2 heterocycles. The zero-order chi connectivity index (χ0) is 18.0. The lowest BCUT2D eigenvalue weighted by Gasteiger charge is -2.28. The van der Waals surface area contributed by atoms with Crippen LogP contribution in [0.5, 0.6) is 0 Å². The highest BCUT2D eigenvalue weighted by Gasteiger charge is 2.35. The van der Waals surface area contributed by atoms with Crippen LogP contribution in [0.4, 0.5) is 0 Å². The average Bonchev–Trinajstić information content (AvgIpc) is 3.22. The third-order valence-electron chi connectivity index (χ3n) is 4.64. The van der Waals surface area contributed by atoms with Crippen LogP contribution in [0.1, 0.15) is 47.0 Å². The zero-order valence-electron chi connectivity index (χ0n) is 14.5. The summed E-state index contributed by atoms with van der Waals surface area (Å²) in [5.74, 6) is 0.606. The van der Waals surface area contributed by atoms with Crippen LogP contribution in [-0.2, 0) is 16.4 Å². The molecule has 25 heavy (non-hydrogen) atoms. The van der Waals surface area contributed by atoms with Crippen molar-refractivity contribution in [3.8, 4) is 0 Å². The first-order chi connectivity index (χ1) is 11.9. The summed E-state index contributed by atoms with van der Waals surface area (Å²) < 4.78 is 23.8. The maximum absolute atomic E-state index is 12.9. The monoisotopic (exact) mass is 377 g/mol. The number of amides is 1. The van der Waals surface area contributed by atoms with Crippen LogP contribution in [0.2, 0.25) is 0 Å². The van der Waals surface area contributed by atoms with Crippen molar-refractivity contribution in [1.29, 1.82) is 0 Å². The lowest BCUT2D eigenvalue weighted by Crippen LogP contribution is -2.40. The van der Waals surface area contributed by atoms with E-state index in [2.05, 4.69) is 26.0 Å². The van der Waals surface area contributed by atoms with Crippen LogP contribution < -0.4 is 0 Å². The molecule has 0 aliphatic carbocycles. The Balaban J connectivity index is 1.84.